The molecule has 3 nitrogen and oxygen atoms in total. The highest BCUT2D eigenvalue weighted by atomic mass is 28.3. The fourth-order valence-corrected chi connectivity index (χ4v) is 7.99. The number of nitrogens with zero attached hydrogens (tertiary/aromatic N) is 1. The summed E-state index contributed by atoms with van der Waals surface area (Å²) in [5, 5.41) is 11.9. The lowest BCUT2D eigenvalue weighted by molar-refractivity contribution is 0.314. The van der Waals surface area contributed by atoms with Crippen molar-refractivity contribution < 1.29 is 5.21 Å². The smallest absolute Gasteiger partial charge is 0.0570 e. The summed E-state index contributed by atoms with van der Waals surface area (Å²) >= 11 is 0. The standard InChI is InChI=1S/C9H19NOSi.C9H21NSi/c1-12(2,3)9-6-4-8(10-11)5-7-9;1-11(2,3)9-6-4-8(10)5-7-9/h9,11H,4-7H2,1-3H3;8-9H,4-7,10H2,1-3H3. The lowest BCUT2D eigenvalue weighted by atomic mass is 9.96. The van der Waals surface area contributed by atoms with Crippen LogP contribution in [-0.4, -0.2) is 33.1 Å². The average Bonchev–Trinajstić information content (AvgIpc) is 2.46. The Labute approximate surface area is 146 Å². The van der Waals surface area contributed by atoms with Gasteiger partial charge in [-0.1, -0.05) is 57.3 Å². The SMILES string of the molecule is C[Si](C)(C)C1CCC(=NO)CC1.C[Si](C)(C)C1CCC(N)CC1. The molecular formula is C18H40N2OSi2. The van der Waals surface area contributed by atoms with Crippen LogP contribution in [0.25, 0.3) is 0 Å². The molecule has 136 valence electrons. The van der Waals surface area contributed by atoms with Crippen molar-refractivity contribution in [3.8, 4) is 0 Å². The zero-order chi connectivity index (χ0) is 17.7. The molecule has 2 saturated carbocycles. The summed E-state index contributed by atoms with van der Waals surface area (Å²) in [6.45, 7) is 14.7. The van der Waals surface area contributed by atoms with Crippen LogP contribution in [0, 0.1) is 0 Å². The number of nitrogens with two attached hydrogens (primary N) is 1. The van der Waals surface area contributed by atoms with Gasteiger partial charge in [-0.3, -0.25) is 0 Å². The van der Waals surface area contributed by atoms with Crippen molar-refractivity contribution in [3.05, 3.63) is 0 Å². The number of oxime groups is 1. The fourth-order valence-electron chi connectivity index (χ4n) is 3.90. The molecule has 0 amide bonds. The molecule has 0 spiro atoms. The minimum absolute atomic E-state index is 0.516. The van der Waals surface area contributed by atoms with Gasteiger partial charge in [0.2, 0.25) is 0 Å². The molecule has 0 aliphatic heterocycles. The van der Waals surface area contributed by atoms with Gasteiger partial charge < -0.3 is 10.9 Å². The van der Waals surface area contributed by atoms with Gasteiger partial charge in [-0.2, -0.15) is 0 Å². The summed E-state index contributed by atoms with van der Waals surface area (Å²) in [5.41, 5.74) is 8.84. The van der Waals surface area contributed by atoms with E-state index in [4.69, 9.17) is 10.9 Å². The second-order valence-electron chi connectivity index (χ2n) is 9.78. The van der Waals surface area contributed by atoms with Crippen molar-refractivity contribution in [2.45, 2.75) is 108 Å². The third-order valence-corrected chi connectivity index (χ3v) is 12.0. The highest BCUT2D eigenvalue weighted by Gasteiger charge is 2.30. The van der Waals surface area contributed by atoms with Gasteiger partial charge in [-0.05, 0) is 49.6 Å². The normalized spacial score (nSPS) is 29.5. The molecule has 0 heterocycles. The minimum Gasteiger partial charge on any atom is -0.411 e. The second-order valence-corrected chi connectivity index (χ2v) is 20.9. The Hall–Kier alpha value is -0.136. The molecule has 0 unspecified atom stereocenters. The van der Waals surface area contributed by atoms with Crippen LogP contribution in [0.5, 0.6) is 0 Å². The molecule has 5 heteroatoms. The maximum Gasteiger partial charge on any atom is 0.0570 e. The van der Waals surface area contributed by atoms with Gasteiger partial charge in [0.05, 0.1) is 5.71 Å². The lowest BCUT2D eigenvalue weighted by Crippen LogP contribution is -2.34. The van der Waals surface area contributed by atoms with E-state index < -0.39 is 16.1 Å². The van der Waals surface area contributed by atoms with E-state index in [9.17, 15) is 0 Å². The molecule has 2 aliphatic carbocycles. The van der Waals surface area contributed by atoms with Crippen LogP contribution in [0.3, 0.4) is 0 Å². The molecule has 0 atom stereocenters. The largest absolute Gasteiger partial charge is 0.411 e. The predicted octanol–water partition coefficient (Wildman–Crippen LogP) is 5.70. The molecule has 2 aliphatic rings. The molecule has 2 fully saturated rings. The first-order valence-electron chi connectivity index (χ1n) is 9.49. The Morgan fingerprint density at radius 2 is 1.17 bits per heavy atom. The Morgan fingerprint density at radius 1 is 0.783 bits per heavy atom. The van der Waals surface area contributed by atoms with Crippen LogP contribution in [0.1, 0.15) is 51.4 Å². The molecule has 0 radical (unpaired) electrons. The van der Waals surface area contributed by atoms with E-state index in [2.05, 4.69) is 44.4 Å². The van der Waals surface area contributed by atoms with Gasteiger partial charge in [0.15, 0.2) is 0 Å². The summed E-state index contributed by atoms with van der Waals surface area (Å²) in [6.07, 6.45) is 9.87. The Bertz CT molecular complexity index is 367. The maximum atomic E-state index is 8.58. The third kappa shape index (κ3) is 7.52. The van der Waals surface area contributed by atoms with E-state index >= 15 is 0 Å². The molecule has 0 aromatic carbocycles. The molecule has 0 aromatic rings. The first-order chi connectivity index (χ1) is 10.5. The first-order valence-corrected chi connectivity index (χ1v) is 16.6. The predicted molar refractivity (Wildman–Crippen MR) is 108 cm³/mol. The molecular weight excluding hydrogens is 316 g/mol. The van der Waals surface area contributed by atoms with Crippen LogP contribution < -0.4 is 5.73 Å². The summed E-state index contributed by atoms with van der Waals surface area (Å²) in [5.74, 6) is 0. The van der Waals surface area contributed by atoms with Crippen LogP contribution in [0.2, 0.25) is 50.4 Å². The van der Waals surface area contributed by atoms with Gasteiger partial charge in [0, 0.05) is 22.2 Å². The van der Waals surface area contributed by atoms with Crippen LogP contribution >= 0.6 is 0 Å². The number of hydrogen-bond acceptors (Lipinski definition) is 3. The van der Waals surface area contributed by atoms with E-state index in [-0.39, 0.29) is 0 Å². The van der Waals surface area contributed by atoms with Gasteiger partial charge in [0.1, 0.15) is 0 Å². The van der Waals surface area contributed by atoms with E-state index in [1.54, 1.807) is 0 Å². The Balaban J connectivity index is 0.000000231. The quantitative estimate of drug-likeness (QED) is 0.379. The lowest BCUT2D eigenvalue weighted by Gasteiger charge is -2.34. The topological polar surface area (TPSA) is 58.6 Å². The van der Waals surface area contributed by atoms with Crippen molar-refractivity contribution in [1.82, 2.24) is 0 Å². The number of hydrogen-bond donors (Lipinski definition) is 2. The molecule has 0 saturated heterocycles. The number of rotatable bonds is 2. The van der Waals surface area contributed by atoms with Gasteiger partial charge in [-0.15, -0.1) is 0 Å². The van der Waals surface area contributed by atoms with Gasteiger partial charge >= 0.3 is 0 Å². The summed E-state index contributed by atoms with van der Waals surface area (Å²) in [6, 6.07) is 0.516. The average molecular weight is 357 g/mol. The minimum atomic E-state index is -0.935. The summed E-state index contributed by atoms with van der Waals surface area (Å²) in [7, 11) is -1.78. The van der Waals surface area contributed by atoms with Crippen LogP contribution in [0.15, 0.2) is 5.16 Å². The first kappa shape index (κ1) is 20.9. The highest BCUT2D eigenvalue weighted by Crippen LogP contribution is 2.36. The van der Waals surface area contributed by atoms with Crippen molar-refractivity contribution in [1.29, 1.82) is 0 Å². The van der Waals surface area contributed by atoms with Crippen LogP contribution in [0.4, 0.5) is 0 Å². The molecule has 3 N–H and O–H groups in total. The Morgan fingerprint density at radius 3 is 1.52 bits per heavy atom. The summed E-state index contributed by atoms with van der Waals surface area (Å²) in [4.78, 5) is 0. The zero-order valence-corrected chi connectivity index (χ0v) is 18.4. The van der Waals surface area contributed by atoms with Crippen molar-refractivity contribution in [2.75, 3.05) is 0 Å². The third-order valence-electron chi connectivity index (χ3n) is 5.93. The molecule has 23 heavy (non-hydrogen) atoms. The van der Waals surface area contributed by atoms with Crippen molar-refractivity contribution in [3.63, 3.8) is 0 Å². The van der Waals surface area contributed by atoms with Gasteiger partial charge in [-0.25, -0.2) is 0 Å². The second kappa shape index (κ2) is 8.81. The monoisotopic (exact) mass is 356 g/mol. The van der Waals surface area contributed by atoms with E-state index in [0.29, 0.717) is 6.04 Å². The van der Waals surface area contributed by atoms with E-state index in [0.717, 1.165) is 29.6 Å². The molecule has 0 aromatic heterocycles. The maximum absolute atomic E-state index is 8.58. The van der Waals surface area contributed by atoms with Crippen molar-refractivity contribution >= 4 is 21.9 Å². The molecule has 0 bridgehead atoms. The molecule has 2 rings (SSSR count). The van der Waals surface area contributed by atoms with E-state index in [1.807, 2.05) is 0 Å². The fraction of sp³-hybridized carbons (Fsp3) is 0.944. The highest BCUT2D eigenvalue weighted by molar-refractivity contribution is 6.77. The Kier molecular flexibility index (Phi) is 8.01. The van der Waals surface area contributed by atoms with Crippen LogP contribution in [-0.2, 0) is 0 Å². The van der Waals surface area contributed by atoms with Crippen molar-refractivity contribution in [2.24, 2.45) is 10.9 Å². The summed E-state index contributed by atoms with van der Waals surface area (Å²) < 4.78 is 0. The van der Waals surface area contributed by atoms with E-state index in [1.165, 1.54) is 38.5 Å². The van der Waals surface area contributed by atoms with Gasteiger partial charge in [0.25, 0.3) is 0 Å². The zero-order valence-electron chi connectivity index (χ0n) is 16.4.